The molecular weight excluding hydrogens is 170 g/mol. The Balaban J connectivity index is 2.91. The molecule has 0 atom stereocenters. The first kappa shape index (κ1) is 7.56. The predicted molar refractivity (Wildman–Crippen MR) is 50.1 cm³/mol. The zero-order chi connectivity index (χ0) is 8.55. The van der Waals surface area contributed by atoms with Crippen LogP contribution < -0.4 is 4.57 Å². The molecule has 0 bridgehead atoms. The molecule has 1 aromatic carbocycles. The second kappa shape index (κ2) is 2.76. The van der Waals surface area contributed by atoms with Crippen LogP contribution in [0, 0.1) is 0 Å². The van der Waals surface area contributed by atoms with E-state index in [1.54, 1.807) is 0 Å². The minimum atomic E-state index is 0.758. The lowest BCUT2D eigenvalue weighted by Crippen LogP contribution is -2.30. The Morgan fingerprint density at radius 2 is 1.83 bits per heavy atom. The van der Waals surface area contributed by atoms with Crippen molar-refractivity contribution in [1.82, 2.24) is 0 Å². The van der Waals surface area contributed by atoms with Gasteiger partial charge in [-0.15, -0.1) is 0 Å². The Morgan fingerprint density at radius 3 is 2.67 bits per heavy atom. The van der Waals surface area contributed by atoms with Gasteiger partial charge in [-0.1, -0.05) is 12.1 Å². The number of hydrogen-bond donors (Lipinski definition) is 0. The maximum Gasteiger partial charge on any atom is 0.275 e. The number of nitrogens with zero attached hydrogens (tertiary/aromatic N) is 1. The van der Waals surface area contributed by atoms with Gasteiger partial charge in [-0.2, -0.15) is 4.57 Å². The largest absolute Gasteiger partial charge is 0.275 e. The molecule has 0 saturated heterocycles. The summed E-state index contributed by atoms with van der Waals surface area (Å²) in [6.45, 7) is 0. The summed E-state index contributed by atoms with van der Waals surface area (Å²) in [4.78, 5) is 0. The molecule has 0 amide bonds. The molecule has 2 aromatic rings. The van der Waals surface area contributed by atoms with Crippen LogP contribution in [0.1, 0.15) is 0 Å². The average molecular weight is 179 g/mol. The van der Waals surface area contributed by atoms with Crippen molar-refractivity contribution in [2.24, 2.45) is 7.05 Å². The highest BCUT2D eigenvalue weighted by Crippen LogP contribution is 2.11. The highest BCUT2D eigenvalue weighted by molar-refractivity contribution is 6.28. The fourth-order valence-corrected chi connectivity index (χ4v) is 1.47. The topological polar surface area (TPSA) is 3.88 Å². The second-order valence-electron chi connectivity index (χ2n) is 2.77. The van der Waals surface area contributed by atoms with E-state index in [1.165, 1.54) is 5.39 Å². The van der Waals surface area contributed by atoms with Gasteiger partial charge in [0.1, 0.15) is 7.05 Å². The van der Waals surface area contributed by atoms with Gasteiger partial charge >= 0.3 is 0 Å². The van der Waals surface area contributed by atoms with Gasteiger partial charge in [0.15, 0.2) is 0 Å². The Hall–Kier alpha value is -1.08. The van der Waals surface area contributed by atoms with E-state index in [4.69, 9.17) is 11.6 Å². The molecule has 0 spiro atoms. The Labute approximate surface area is 76.2 Å². The lowest BCUT2D eigenvalue weighted by Gasteiger charge is -1.96. The summed E-state index contributed by atoms with van der Waals surface area (Å²) < 4.78 is 1.97. The quantitative estimate of drug-likeness (QED) is 0.431. The van der Waals surface area contributed by atoms with Crippen LogP contribution in [0.5, 0.6) is 0 Å². The molecule has 0 radical (unpaired) electrons. The lowest BCUT2D eigenvalue weighted by molar-refractivity contribution is -0.642. The third kappa shape index (κ3) is 1.07. The molecule has 2 rings (SSSR count). The predicted octanol–water partition coefficient (Wildman–Crippen LogP) is 2.32. The highest BCUT2D eigenvalue weighted by Gasteiger charge is 2.06. The summed E-state index contributed by atoms with van der Waals surface area (Å²) in [5.41, 5.74) is 1.16. The number of rotatable bonds is 0. The SMILES string of the molecule is C[n+]1c(Cl)ccc2ccccc21. The number of hydrogen-bond acceptors (Lipinski definition) is 0. The Bertz CT molecular complexity index is 423. The van der Waals surface area contributed by atoms with Gasteiger partial charge in [0.25, 0.3) is 5.15 Å². The fourth-order valence-electron chi connectivity index (χ4n) is 1.32. The molecule has 0 N–H and O–H groups in total. The third-order valence-corrected chi connectivity index (χ3v) is 2.40. The number of halogens is 1. The zero-order valence-corrected chi connectivity index (χ0v) is 7.55. The molecule has 2 heteroatoms. The standard InChI is InChI=1S/C10H9ClN/c1-12-9-5-3-2-4-8(9)6-7-10(12)11/h2-7H,1H3/q+1. The summed E-state index contributed by atoms with van der Waals surface area (Å²) >= 11 is 5.95. The van der Waals surface area contributed by atoms with Crippen LogP contribution in [-0.4, -0.2) is 0 Å². The van der Waals surface area contributed by atoms with Crippen LogP contribution >= 0.6 is 11.6 Å². The molecule has 0 aliphatic heterocycles. The van der Waals surface area contributed by atoms with E-state index >= 15 is 0 Å². The second-order valence-corrected chi connectivity index (χ2v) is 3.16. The van der Waals surface area contributed by atoms with Gasteiger partial charge in [0.05, 0.1) is 0 Å². The normalized spacial score (nSPS) is 10.5. The lowest BCUT2D eigenvalue weighted by atomic mass is 10.2. The van der Waals surface area contributed by atoms with Gasteiger partial charge in [-0.05, 0) is 23.7 Å². The van der Waals surface area contributed by atoms with Crippen LogP contribution in [-0.2, 0) is 7.05 Å². The van der Waals surface area contributed by atoms with E-state index in [1.807, 2.05) is 35.9 Å². The van der Waals surface area contributed by atoms with Crippen molar-refractivity contribution < 1.29 is 4.57 Å². The first-order valence-electron chi connectivity index (χ1n) is 3.82. The number of aromatic nitrogens is 1. The minimum Gasteiger partial charge on any atom is -0.184 e. The molecule has 1 heterocycles. The third-order valence-electron chi connectivity index (χ3n) is 2.02. The monoisotopic (exact) mass is 178 g/mol. The first-order chi connectivity index (χ1) is 5.79. The van der Waals surface area contributed by atoms with Crippen molar-refractivity contribution in [2.75, 3.05) is 0 Å². The van der Waals surface area contributed by atoms with Crippen LogP contribution in [0.2, 0.25) is 5.15 Å². The van der Waals surface area contributed by atoms with Crippen molar-refractivity contribution >= 4 is 22.5 Å². The van der Waals surface area contributed by atoms with Crippen molar-refractivity contribution in [1.29, 1.82) is 0 Å². The van der Waals surface area contributed by atoms with Crippen LogP contribution in [0.25, 0.3) is 10.9 Å². The molecule has 1 aromatic heterocycles. The minimum absolute atomic E-state index is 0.758. The van der Waals surface area contributed by atoms with Crippen LogP contribution in [0.3, 0.4) is 0 Å². The molecule has 0 saturated carbocycles. The first-order valence-corrected chi connectivity index (χ1v) is 4.20. The van der Waals surface area contributed by atoms with Crippen LogP contribution in [0.4, 0.5) is 0 Å². The number of pyridine rings is 1. The van der Waals surface area contributed by atoms with Crippen molar-refractivity contribution in [3.05, 3.63) is 41.6 Å². The molecule has 0 unspecified atom stereocenters. The van der Waals surface area contributed by atoms with Crippen molar-refractivity contribution in [2.45, 2.75) is 0 Å². The molecule has 0 aliphatic rings. The summed E-state index contributed by atoms with van der Waals surface area (Å²) in [5, 5.41) is 1.97. The van der Waals surface area contributed by atoms with E-state index in [0.29, 0.717) is 0 Å². The van der Waals surface area contributed by atoms with Gasteiger partial charge in [0, 0.05) is 17.5 Å². The summed E-state index contributed by atoms with van der Waals surface area (Å²) in [6.07, 6.45) is 0. The highest BCUT2D eigenvalue weighted by atomic mass is 35.5. The van der Waals surface area contributed by atoms with Crippen molar-refractivity contribution in [3.8, 4) is 0 Å². The molecule has 12 heavy (non-hydrogen) atoms. The maximum atomic E-state index is 5.95. The smallest absolute Gasteiger partial charge is 0.184 e. The van der Waals surface area contributed by atoms with Gasteiger partial charge in [-0.3, -0.25) is 0 Å². The number of fused-ring (bicyclic) bond motifs is 1. The maximum absolute atomic E-state index is 5.95. The average Bonchev–Trinajstić information content (AvgIpc) is 2.12. The molecule has 1 nitrogen and oxygen atoms in total. The van der Waals surface area contributed by atoms with E-state index in [0.717, 1.165) is 10.7 Å². The fraction of sp³-hybridized carbons (Fsp3) is 0.100. The molecule has 60 valence electrons. The summed E-state index contributed by atoms with van der Waals surface area (Å²) in [6, 6.07) is 12.1. The Kier molecular flexibility index (Phi) is 1.74. The Morgan fingerprint density at radius 1 is 1.08 bits per heavy atom. The van der Waals surface area contributed by atoms with Gasteiger partial charge in [-0.25, -0.2) is 0 Å². The van der Waals surface area contributed by atoms with Gasteiger partial charge in [0.2, 0.25) is 5.52 Å². The molecule has 0 aliphatic carbocycles. The van der Waals surface area contributed by atoms with Gasteiger partial charge < -0.3 is 0 Å². The van der Waals surface area contributed by atoms with E-state index in [2.05, 4.69) is 12.1 Å². The van der Waals surface area contributed by atoms with E-state index in [9.17, 15) is 0 Å². The van der Waals surface area contributed by atoms with Crippen molar-refractivity contribution in [3.63, 3.8) is 0 Å². The molecule has 0 fully saturated rings. The number of benzene rings is 1. The summed E-state index contributed by atoms with van der Waals surface area (Å²) in [7, 11) is 1.96. The zero-order valence-electron chi connectivity index (χ0n) is 6.79. The number of aryl methyl sites for hydroxylation is 1. The number of para-hydroxylation sites is 1. The summed E-state index contributed by atoms with van der Waals surface area (Å²) in [5.74, 6) is 0. The van der Waals surface area contributed by atoms with Crippen LogP contribution in [0.15, 0.2) is 36.4 Å². The van der Waals surface area contributed by atoms with E-state index < -0.39 is 0 Å². The van der Waals surface area contributed by atoms with E-state index in [-0.39, 0.29) is 0 Å². The molecular formula is C10H9ClN+.